The molecule has 1 saturated heterocycles. The van der Waals surface area contributed by atoms with Crippen molar-refractivity contribution in [2.75, 3.05) is 26.9 Å². The second kappa shape index (κ2) is 7.61. The zero-order chi connectivity index (χ0) is 21.8. The predicted molar refractivity (Wildman–Crippen MR) is 121 cm³/mol. The maximum atomic E-state index is 12.5. The molecule has 0 aromatic carbocycles. The van der Waals surface area contributed by atoms with E-state index in [4.69, 9.17) is 9.47 Å². The number of allylic oxidation sites excluding steroid dienone is 2. The Bertz CT molecular complexity index is 898. The molecule has 31 heavy (non-hydrogen) atoms. The lowest BCUT2D eigenvalue weighted by atomic mass is 9.48. The average molecular weight is 425 g/mol. The van der Waals surface area contributed by atoms with Gasteiger partial charge in [0.05, 0.1) is 19.4 Å². The summed E-state index contributed by atoms with van der Waals surface area (Å²) in [5.74, 6) is 2.94. The molecule has 1 aromatic rings. The zero-order valence-corrected chi connectivity index (χ0v) is 19.4. The summed E-state index contributed by atoms with van der Waals surface area (Å²) >= 11 is 0. The first-order valence-electron chi connectivity index (χ1n) is 12.0. The third-order valence-corrected chi connectivity index (χ3v) is 9.23. The van der Waals surface area contributed by atoms with E-state index < -0.39 is 0 Å². The minimum atomic E-state index is 0.0460. The number of aromatic nitrogens is 1. The molecule has 0 bridgehead atoms. The van der Waals surface area contributed by atoms with Crippen LogP contribution < -0.4 is 4.74 Å². The molecule has 1 aromatic heterocycles. The van der Waals surface area contributed by atoms with Crippen LogP contribution in [0.15, 0.2) is 24.5 Å². The van der Waals surface area contributed by atoms with Crippen molar-refractivity contribution in [1.29, 1.82) is 0 Å². The topological polar surface area (TPSA) is 51.7 Å². The van der Waals surface area contributed by atoms with Crippen LogP contribution in [0.25, 0.3) is 5.57 Å². The van der Waals surface area contributed by atoms with Gasteiger partial charge in [-0.25, -0.2) is 0 Å². The number of fused-ring (bicyclic) bond motifs is 5. The quantitative estimate of drug-likeness (QED) is 0.713. The number of hydrogen-bond donors (Lipinski definition) is 0. The summed E-state index contributed by atoms with van der Waals surface area (Å²) in [6.07, 6.45) is 12.1. The van der Waals surface area contributed by atoms with Gasteiger partial charge in [0.15, 0.2) is 0 Å². The van der Waals surface area contributed by atoms with E-state index in [1.165, 1.54) is 30.4 Å². The van der Waals surface area contributed by atoms with Crippen LogP contribution in [0.1, 0.15) is 58.4 Å². The number of carbonyl (C=O) groups is 1. The van der Waals surface area contributed by atoms with Crippen molar-refractivity contribution in [3.63, 3.8) is 0 Å². The summed E-state index contributed by atoms with van der Waals surface area (Å²) in [6.45, 7) is 8.49. The molecule has 3 fully saturated rings. The Hall–Kier alpha value is -1.88. The number of rotatable bonds is 3. The van der Waals surface area contributed by atoms with Crippen molar-refractivity contribution in [3.05, 3.63) is 30.1 Å². The molecule has 5 rings (SSSR count). The normalized spacial score (nSPS) is 39.8. The van der Waals surface area contributed by atoms with Crippen molar-refractivity contribution >= 4 is 11.5 Å². The first kappa shape index (κ1) is 21.0. The number of carbonyl (C=O) groups excluding carboxylic acids is 1. The molecule has 1 aliphatic heterocycles. The van der Waals surface area contributed by atoms with Crippen LogP contribution in [-0.4, -0.2) is 48.7 Å². The first-order chi connectivity index (χ1) is 14.9. The Balaban J connectivity index is 1.43. The van der Waals surface area contributed by atoms with Crippen LogP contribution >= 0.6 is 0 Å². The number of hydrogen-bond acceptors (Lipinski definition) is 4. The Morgan fingerprint density at radius 2 is 2.06 bits per heavy atom. The van der Waals surface area contributed by atoms with E-state index in [1.807, 2.05) is 31.3 Å². The van der Waals surface area contributed by atoms with Gasteiger partial charge >= 0.3 is 0 Å². The van der Waals surface area contributed by atoms with E-state index >= 15 is 0 Å². The van der Waals surface area contributed by atoms with Crippen LogP contribution in [0.4, 0.5) is 0 Å². The first-order valence-corrected chi connectivity index (χ1v) is 12.0. The van der Waals surface area contributed by atoms with Gasteiger partial charge in [0.25, 0.3) is 0 Å². The Kier molecular flexibility index (Phi) is 5.16. The fraction of sp³-hybridized carbons (Fsp3) is 0.692. The van der Waals surface area contributed by atoms with E-state index in [2.05, 4.69) is 31.0 Å². The van der Waals surface area contributed by atoms with Gasteiger partial charge in [0.1, 0.15) is 12.4 Å². The van der Waals surface area contributed by atoms with Crippen LogP contribution in [0, 0.1) is 28.6 Å². The molecule has 4 aliphatic rings. The number of likely N-dealkylation sites (N-methyl/N-ethyl adjacent to an activating group) is 1. The molecule has 0 spiro atoms. The average Bonchev–Trinajstić information content (AvgIpc) is 3.06. The number of amides is 1. The molecule has 6 atom stereocenters. The number of nitrogens with zero attached hydrogens (tertiary/aromatic N) is 2. The summed E-state index contributed by atoms with van der Waals surface area (Å²) in [6, 6.07) is 2.47. The van der Waals surface area contributed by atoms with Crippen molar-refractivity contribution in [1.82, 2.24) is 9.88 Å². The van der Waals surface area contributed by atoms with E-state index in [0.717, 1.165) is 18.6 Å². The van der Waals surface area contributed by atoms with Crippen LogP contribution in [0.2, 0.25) is 0 Å². The fourth-order valence-corrected chi connectivity index (χ4v) is 7.74. The van der Waals surface area contributed by atoms with E-state index in [1.54, 1.807) is 0 Å². The van der Waals surface area contributed by atoms with Crippen LogP contribution in [-0.2, 0) is 9.53 Å². The fourth-order valence-electron chi connectivity index (χ4n) is 7.74. The highest BCUT2D eigenvalue weighted by Crippen LogP contribution is 2.65. The maximum absolute atomic E-state index is 12.5. The van der Waals surface area contributed by atoms with Gasteiger partial charge in [0, 0.05) is 24.7 Å². The summed E-state index contributed by atoms with van der Waals surface area (Å²) in [5.41, 5.74) is 2.91. The monoisotopic (exact) mass is 424 g/mol. The second-order valence-corrected chi connectivity index (χ2v) is 10.6. The molecule has 168 valence electrons. The van der Waals surface area contributed by atoms with Crippen molar-refractivity contribution in [2.24, 2.45) is 28.6 Å². The molecular weight excluding hydrogens is 388 g/mol. The van der Waals surface area contributed by atoms with Gasteiger partial charge in [-0.1, -0.05) is 19.9 Å². The van der Waals surface area contributed by atoms with Gasteiger partial charge < -0.3 is 14.4 Å². The summed E-state index contributed by atoms with van der Waals surface area (Å²) in [5, 5.41) is 0. The van der Waals surface area contributed by atoms with Gasteiger partial charge in [-0.05, 0) is 79.4 Å². The minimum Gasteiger partial charge on any atom is -0.492 e. The Labute approximate surface area is 186 Å². The maximum Gasteiger partial charge on any atom is 0.248 e. The standard InChI is InChI=1S/C26H36N2O3/c1-5-31-18-12-17(13-27-14-18)20-7-8-21-19-6-9-23-26(3,16-30-15-24(29)28(23)4)22(19)10-11-25(20,21)2/h7,12-14,19,21-23H,5-6,8-11,15-16H2,1-4H3/t19-,21?,22-,23?,25+,26+/m0/s1. The molecule has 2 heterocycles. The Morgan fingerprint density at radius 3 is 2.87 bits per heavy atom. The number of pyridine rings is 1. The summed E-state index contributed by atoms with van der Waals surface area (Å²) in [7, 11) is 1.99. The largest absolute Gasteiger partial charge is 0.492 e. The van der Waals surface area contributed by atoms with Gasteiger partial charge in [-0.15, -0.1) is 0 Å². The van der Waals surface area contributed by atoms with E-state index in [9.17, 15) is 4.79 Å². The number of ether oxygens (including phenoxy) is 2. The smallest absolute Gasteiger partial charge is 0.248 e. The lowest BCUT2D eigenvalue weighted by Gasteiger charge is -2.59. The molecule has 2 unspecified atom stereocenters. The SMILES string of the molecule is CCOc1cncc(C2=CCC3[C@@H]4CCC5N(C)C(=O)COC[C@]5(C)[C@H]4CC[C@]23C)c1. The third-order valence-electron chi connectivity index (χ3n) is 9.23. The van der Waals surface area contributed by atoms with E-state index in [0.29, 0.717) is 37.0 Å². The summed E-state index contributed by atoms with van der Waals surface area (Å²) < 4.78 is 11.7. The molecule has 5 nitrogen and oxygen atoms in total. The molecule has 0 N–H and O–H groups in total. The molecule has 3 aliphatic carbocycles. The van der Waals surface area contributed by atoms with Crippen molar-refractivity contribution in [2.45, 2.75) is 58.9 Å². The molecule has 0 radical (unpaired) electrons. The van der Waals surface area contributed by atoms with Gasteiger partial charge in [0.2, 0.25) is 5.91 Å². The highest BCUT2D eigenvalue weighted by atomic mass is 16.5. The van der Waals surface area contributed by atoms with Crippen LogP contribution in [0.3, 0.4) is 0 Å². The lowest BCUT2D eigenvalue weighted by Crippen LogP contribution is -2.58. The van der Waals surface area contributed by atoms with Crippen molar-refractivity contribution in [3.8, 4) is 5.75 Å². The van der Waals surface area contributed by atoms with Gasteiger partial charge in [-0.2, -0.15) is 0 Å². The lowest BCUT2D eigenvalue weighted by molar-refractivity contribution is -0.137. The molecule has 1 amide bonds. The highest BCUT2D eigenvalue weighted by molar-refractivity contribution is 5.78. The van der Waals surface area contributed by atoms with Crippen molar-refractivity contribution < 1.29 is 14.3 Å². The predicted octanol–water partition coefficient (Wildman–Crippen LogP) is 4.57. The summed E-state index contributed by atoms with van der Waals surface area (Å²) in [4.78, 5) is 18.9. The van der Waals surface area contributed by atoms with Gasteiger partial charge in [-0.3, -0.25) is 9.78 Å². The molecule has 5 heteroatoms. The van der Waals surface area contributed by atoms with E-state index in [-0.39, 0.29) is 23.3 Å². The highest BCUT2D eigenvalue weighted by Gasteiger charge is 2.59. The molecular formula is C26H36N2O3. The second-order valence-electron chi connectivity index (χ2n) is 10.6. The third kappa shape index (κ3) is 3.14. The zero-order valence-electron chi connectivity index (χ0n) is 19.4. The Morgan fingerprint density at radius 1 is 1.23 bits per heavy atom. The van der Waals surface area contributed by atoms with Crippen LogP contribution in [0.5, 0.6) is 5.75 Å². The minimum absolute atomic E-state index is 0.0460. The molecule has 2 saturated carbocycles.